The van der Waals surface area contributed by atoms with Gasteiger partial charge in [-0.05, 0) is 38.3 Å². The molecule has 1 heterocycles. The van der Waals surface area contributed by atoms with Crippen molar-refractivity contribution in [2.24, 2.45) is 5.41 Å². The molecule has 1 spiro atoms. The van der Waals surface area contributed by atoms with Gasteiger partial charge in [0.1, 0.15) is 0 Å². The monoisotopic (exact) mass is 349 g/mol. The van der Waals surface area contributed by atoms with E-state index in [0.717, 1.165) is 30.9 Å². The Balaban J connectivity index is 1.80. The van der Waals surface area contributed by atoms with Gasteiger partial charge in [0.2, 0.25) is 5.75 Å². The van der Waals surface area contributed by atoms with Crippen molar-refractivity contribution < 1.29 is 18.9 Å². The Hall–Kier alpha value is -1.46. The lowest BCUT2D eigenvalue weighted by molar-refractivity contribution is -0.0367. The summed E-state index contributed by atoms with van der Waals surface area (Å²) in [4.78, 5) is 2.55. The van der Waals surface area contributed by atoms with Crippen LogP contribution in [0, 0.1) is 5.41 Å². The second-order valence-corrected chi connectivity index (χ2v) is 7.29. The maximum absolute atomic E-state index is 5.83. The first-order valence-electron chi connectivity index (χ1n) is 9.20. The van der Waals surface area contributed by atoms with Gasteiger partial charge < -0.3 is 18.9 Å². The highest BCUT2D eigenvalue weighted by Gasteiger charge is 2.45. The Labute approximate surface area is 151 Å². The highest BCUT2D eigenvalue weighted by molar-refractivity contribution is 5.55. The first-order valence-corrected chi connectivity index (χ1v) is 9.20. The third kappa shape index (κ3) is 3.44. The van der Waals surface area contributed by atoms with E-state index >= 15 is 0 Å². The number of nitrogens with zero attached hydrogens (tertiary/aromatic N) is 1. The molecule has 1 aromatic carbocycles. The van der Waals surface area contributed by atoms with Crippen LogP contribution in [0.3, 0.4) is 0 Å². The fourth-order valence-corrected chi connectivity index (χ4v) is 4.86. The zero-order valence-corrected chi connectivity index (χ0v) is 16.0. The number of ether oxygens (including phenoxy) is 4. The quantitative estimate of drug-likeness (QED) is 0.786. The largest absolute Gasteiger partial charge is 0.493 e. The fourth-order valence-electron chi connectivity index (χ4n) is 4.86. The molecule has 0 radical (unpaired) electrons. The summed E-state index contributed by atoms with van der Waals surface area (Å²) in [5.74, 6) is 2.15. The van der Waals surface area contributed by atoms with Crippen molar-refractivity contribution in [3.63, 3.8) is 0 Å². The van der Waals surface area contributed by atoms with Crippen LogP contribution >= 0.6 is 0 Å². The highest BCUT2D eigenvalue weighted by Crippen LogP contribution is 2.47. The fraction of sp³-hybridized carbons (Fsp3) is 0.700. The number of hydrogen-bond acceptors (Lipinski definition) is 5. The molecule has 0 N–H and O–H groups in total. The van der Waals surface area contributed by atoms with Crippen molar-refractivity contribution in [2.45, 2.75) is 44.8 Å². The van der Waals surface area contributed by atoms with Crippen molar-refractivity contribution in [3.8, 4) is 17.2 Å². The van der Waals surface area contributed by atoms with E-state index < -0.39 is 0 Å². The van der Waals surface area contributed by atoms with Gasteiger partial charge in [-0.15, -0.1) is 0 Å². The normalized spacial score (nSPS) is 26.8. The molecule has 1 aromatic rings. The van der Waals surface area contributed by atoms with E-state index in [0.29, 0.717) is 23.0 Å². The lowest BCUT2D eigenvalue weighted by atomic mass is 9.76. The predicted octanol–water partition coefficient (Wildman–Crippen LogP) is 3.49. The molecule has 1 saturated carbocycles. The van der Waals surface area contributed by atoms with Gasteiger partial charge in [-0.25, -0.2) is 0 Å². The average Bonchev–Trinajstić information content (AvgIpc) is 3.02. The van der Waals surface area contributed by atoms with Gasteiger partial charge in [0.15, 0.2) is 11.5 Å². The maximum Gasteiger partial charge on any atom is 0.203 e. The molecule has 1 aliphatic carbocycles. The molecule has 2 fully saturated rings. The molecule has 2 aliphatic rings. The van der Waals surface area contributed by atoms with E-state index in [9.17, 15) is 0 Å². The van der Waals surface area contributed by atoms with E-state index in [1.807, 2.05) is 13.2 Å². The number of rotatable bonds is 6. The Morgan fingerprint density at radius 3 is 2.44 bits per heavy atom. The molecule has 25 heavy (non-hydrogen) atoms. The molecular formula is C20H31NO4. The molecule has 0 unspecified atom stereocenters. The summed E-state index contributed by atoms with van der Waals surface area (Å²) in [6.07, 6.45) is 6.68. The number of likely N-dealkylation sites (tertiary alicyclic amines) is 1. The van der Waals surface area contributed by atoms with Crippen LogP contribution in [0.15, 0.2) is 12.1 Å². The summed E-state index contributed by atoms with van der Waals surface area (Å²) < 4.78 is 22.4. The molecule has 140 valence electrons. The summed E-state index contributed by atoms with van der Waals surface area (Å²) >= 11 is 0. The zero-order chi connectivity index (χ0) is 17.9. The van der Waals surface area contributed by atoms with Crippen molar-refractivity contribution in [3.05, 3.63) is 17.7 Å². The minimum Gasteiger partial charge on any atom is -0.493 e. The van der Waals surface area contributed by atoms with Crippen LogP contribution < -0.4 is 14.2 Å². The van der Waals surface area contributed by atoms with Gasteiger partial charge >= 0.3 is 0 Å². The first-order chi connectivity index (χ1) is 12.2. The highest BCUT2D eigenvalue weighted by atomic mass is 16.5. The number of hydrogen-bond donors (Lipinski definition) is 0. The smallest absolute Gasteiger partial charge is 0.203 e. The van der Waals surface area contributed by atoms with E-state index in [4.69, 9.17) is 18.9 Å². The number of methoxy groups -OCH3 is 4. The first kappa shape index (κ1) is 18.3. The van der Waals surface area contributed by atoms with Crippen molar-refractivity contribution in [2.75, 3.05) is 41.5 Å². The van der Waals surface area contributed by atoms with E-state index in [2.05, 4.69) is 11.0 Å². The van der Waals surface area contributed by atoms with Crippen LogP contribution in [0.2, 0.25) is 0 Å². The Kier molecular flexibility index (Phi) is 5.74. The lowest BCUT2D eigenvalue weighted by Crippen LogP contribution is -2.47. The summed E-state index contributed by atoms with van der Waals surface area (Å²) in [6, 6.07) is 4.05. The summed E-state index contributed by atoms with van der Waals surface area (Å²) in [5.41, 5.74) is 1.47. The Morgan fingerprint density at radius 1 is 1.00 bits per heavy atom. The van der Waals surface area contributed by atoms with Crippen molar-refractivity contribution >= 4 is 0 Å². The molecule has 0 amide bonds. The predicted molar refractivity (Wildman–Crippen MR) is 97.7 cm³/mol. The van der Waals surface area contributed by atoms with Crippen LogP contribution in [0.5, 0.6) is 17.2 Å². The average molecular weight is 349 g/mol. The minimum absolute atomic E-state index is 0.330. The number of piperidine rings is 1. The van der Waals surface area contributed by atoms with Gasteiger partial charge in [-0.3, -0.25) is 4.90 Å². The third-order valence-corrected chi connectivity index (χ3v) is 5.98. The van der Waals surface area contributed by atoms with Crippen LogP contribution in [0.4, 0.5) is 0 Å². The van der Waals surface area contributed by atoms with E-state index in [-0.39, 0.29) is 0 Å². The second kappa shape index (κ2) is 7.83. The van der Waals surface area contributed by atoms with Gasteiger partial charge in [-0.2, -0.15) is 0 Å². The zero-order valence-electron chi connectivity index (χ0n) is 16.0. The molecule has 2 atom stereocenters. The molecular weight excluding hydrogens is 318 g/mol. The molecule has 1 aliphatic heterocycles. The summed E-state index contributed by atoms with van der Waals surface area (Å²) in [6.45, 7) is 3.08. The molecule has 5 nitrogen and oxygen atoms in total. The van der Waals surface area contributed by atoms with Crippen LogP contribution in [-0.4, -0.2) is 52.5 Å². The Morgan fingerprint density at radius 2 is 1.76 bits per heavy atom. The molecule has 0 aromatic heterocycles. The van der Waals surface area contributed by atoms with Crippen LogP contribution in [0.1, 0.15) is 37.7 Å². The third-order valence-electron chi connectivity index (χ3n) is 5.98. The minimum atomic E-state index is 0.330. The van der Waals surface area contributed by atoms with Crippen LogP contribution in [-0.2, 0) is 11.3 Å². The van der Waals surface area contributed by atoms with Gasteiger partial charge in [0.05, 0.1) is 27.4 Å². The van der Waals surface area contributed by atoms with E-state index in [1.165, 1.54) is 32.1 Å². The second-order valence-electron chi connectivity index (χ2n) is 7.29. The van der Waals surface area contributed by atoms with Gasteiger partial charge in [-0.1, -0.05) is 12.5 Å². The lowest BCUT2D eigenvalue weighted by Gasteiger charge is -2.43. The standard InChI is InChI=1S/C20H31NO4/c1-22-16-9-8-15(18(24-3)19(16)25-4)13-21-12-6-11-20(14-21)10-5-7-17(20)23-2/h8-9,17H,5-7,10-14H2,1-4H3/t17-,20+/m1/s1. The summed E-state index contributed by atoms with van der Waals surface area (Å²) in [5, 5.41) is 0. The summed E-state index contributed by atoms with van der Waals surface area (Å²) in [7, 11) is 6.86. The topological polar surface area (TPSA) is 40.2 Å². The molecule has 0 bridgehead atoms. The van der Waals surface area contributed by atoms with E-state index in [1.54, 1.807) is 21.3 Å². The molecule has 5 heteroatoms. The van der Waals surface area contributed by atoms with Gasteiger partial charge in [0.25, 0.3) is 0 Å². The van der Waals surface area contributed by atoms with Crippen molar-refractivity contribution in [1.29, 1.82) is 0 Å². The SMILES string of the molecule is COc1ccc(CN2CCC[C@@]3(CCC[C@H]3OC)C2)c(OC)c1OC. The Bertz CT molecular complexity index is 591. The van der Waals surface area contributed by atoms with Crippen LogP contribution in [0.25, 0.3) is 0 Å². The number of benzene rings is 1. The molecule has 1 saturated heterocycles. The van der Waals surface area contributed by atoms with Gasteiger partial charge in [0, 0.05) is 31.2 Å². The molecule has 3 rings (SSSR count). The maximum atomic E-state index is 5.83. The van der Waals surface area contributed by atoms with Crippen molar-refractivity contribution in [1.82, 2.24) is 4.90 Å².